The number of phenols is 4. The van der Waals surface area contributed by atoms with Gasteiger partial charge in [-0.25, -0.2) is 0 Å². The van der Waals surface area contributed by atoms with E-state index in [0.29, 0.717) is 91.2 Å². The Morgan fingerprint density at radius 3 is 1.42 bits per heavy atom. The number of nitrogens with zero attached hydrogens (tertiary/aromatic N) is 10. The summed E-state index contributed by atoms with van der Waals surface area (Å²) in [6.45, 7) is 16.3. The van der Waals surface area contributed by atoms with Crippen molar-refractivity contribution in [1.29, 1.82) is 0 Å². The number of hydrogen-bond donors (Lipinski definition) is 7. The smallest absolute Gasteiger partial charge is 0.289 e. The summed E-state index contributed by atoms with van der Waals surface area (Å²) in [6.07, 6.45) is 10.0. The highest BCUT2D eigenvalue weighted by Gasteiger charge is 2.31. The molecule has 1 atom stereocenters. The summed E-state index contributed by atoms with van der Waals surface area (Å²) in [4.78, 5) is 57.4. The van der Waals surface area contributed by atoms with Crippen LogP contribution in [0.1, 0.15) is 137 Å². The molecule has 0 radical (unpaired) electrons. The fourth-order valence-corrected chi connectivity index (χ4v) is 12.0. The zero-order valence-electron chi connectivity index (χ0n) is 48.8. The molecule has 8 aromatic rings. The molecule has 6 heterocycles. The van der Waals surface area contributed by atoms with Crippen LogP contribution in [0, 0.1) is 11.8 Å². The lowest BCUT2D eigenvalue weighted by molar-refractivity contribution is -0.135. The Hall–Kier alpha value is -8.72. The molecule has 2 aliphatic rings. The number of hydrogen-bond acceptors (Lipinski definition) is 13. The number of carbonyl (C=O) groups is 4. The second-order valence-electron chi connectivity index (χ2n) is 23.1. The van der Waals surface area contributed by atoms with Gasteiger partial charge in [0, 0.05) is 105 Å². The molecule has 0 saturated carbocycles. The van der Waals surface area contributed by atoms with Gasteiger partial charge in [0.1, 0.15) is 23.0 Å². The van der Waals surface area contributed by atoms with E-state index < -0.39 is 17.9 Å². The molecule has 10 rings (SSSR count). The largest absolute Gasteiger partial charge is 0.508 e. The van der Waals surface area contributed by atoms with E-state index in [-0.39, 0.29) is 76.4 Å². The minimum atomic E-state index is -0.742. The van der Waals surface area contributed by atoms with Crippen LogP contribution < -0.4 is 16.4 Å². The first kappa shape index (κ1) is 58.5. The van der Waals surface area contributed by atoms with Crippen LogP contribution in [0.5, 0.6) is 23.0 Å². The molecule has 4 aromatic carbocycles. The summed E-state index contributed by atoms with van der Waals surface area (Å²) < 4.78 is 7.72. The Kier molecular flexibility index (Phi) is 17.4. The van der Waals surface area contributed by atoms with Crippen LogP contribution in [0.4, 0.5) is 0 Å². The van der Waals surface area contributed by atoms with E-state index in [9.17, 15) is 39.6 Å². The molecular weight excluding hydrogens is 1070 g/mol. The molecule has 2 fully saturated rings. The summed E-state index contributed by atoms with van der Waals surface area (Å²) in [7, 11) is 0. The third-order valence-electron chi connectivity index (χ3n) is 16.9. The van der Waals surface area contributed by atoms with Crippen molar-refractivity contribution in [1.82, 2.24) is 59.1 Å². The minimum absolute atomic E-state index is 0.0232. The van der Waals surface area contributed by atoms with Gasteiger partial charge in [0.15, 0.2) is 11.6 Å². The molecule has 0 unspecified atom stereocenters. The standard InChI is InChI=1S/C63H77N13O8/c1-7-65-61(82)59-69-67-57(47-33-45(37(3)4)52(77)35-54(47)79)75(59)43-9-12-50-41(31-43)21-29-71(50)23-15-39-17-25-73(26-18-39)56(81)14-11-49(64)63(84)74-27-19-40(20-28-74)16-24-72-30-22-42-32-44(10-13-51(42)72)76-58(68-70-60(76)62(83)66-8-2)48-34-46(38(5)6)53(78)36-55(48)80/h9-10,12-13,21-22,29-40,49,77-80H,7-8,11,14-20,23-28,64H2,1-6H3,(H,65,82)(H,66,83)/t49-/m0/s1. The number of rotatable bonds is 20. The number of carbonyl (C=O) groups excluding carboxylic acids is 4. The first-order valence-corrected chi connectivity index (χ1v) is 29.5. The van der Waals surface area contributed by atoms with E-state index >= 15 is 0 Å². The molecule has 4 amide bonds. The van der Waals surface area contributed by atoms with Crippen LogP contribution in [0.25, 0.3) is 56.0 Å². The van der Waals surface area contributed by atoms with E-state index in [2.05, 4.69) is 52.6 Å². The van der Waals surface area contributed by atoms with E-state index in [1.807, 2.05) is 99.9 Å². The highest BCUT2D eigenvalue weighted by molar-refractivity contribution is 5.94. The molecule has 2 saturated heterocycles. The van der Waals surface area contributed by atoms with Crippen LogP contribution in [-0.2, 0) is 22.7 Å². The number of aromatic nitrogens is 8. The summed E-state index contributed by atoms with van der Waals surface area (Å²) in [5.74, 6) is 0.177. The lowest BCUT2D eigenvalue weighted by Crippen LogP contribution is -2.47. The molecule has 8 N–H and O–H groups in total. The molecule has 2 aliphatic heterocycles. The van der Waals surface area contributed by atoms with Gasteiger partial charge in [0.25, 0.3) is 11.8 Å². The number of nitrogens with one attached hydrogen (secondary N) is 2. The SMILES string of the molecule is CCNC(=O)c1nnc(-c2cc(C(C)C)c(O)cc2O)n1-c1ccc2c(ccn2CCC2CCN(C(=O)CC[C@H](N)C(=O)N3CCC(CCn4ccc5cc(-n6c(C(=O)NCC)nnc6-c6cc(C(C)C)c(O)cc6O)ccc54)CC3)CC2)c1. The van der Waals surface area contributed by atoms with Crippen LogP contribution in [0.2, 0.25) is 0 Å². The van der Waals surface area contributed by atoms with Crippen LogP contribution >= 0.6 is 0 Å². The Morgan fingerprint density at radius 1 is 0.571 bits per heavy atom. The average molecular weight is 1140 g/mol. The van der Waals surface area contributed by atoms with Gasteiger partial charge < -0.3 is 55.7 Å². The number of fused-ring (bicyclic) bond motifs is 2. The van der Waals surface area contributed by atoms with E-state index in [1.165, 1.54) is 12.1 Å². The van der Waals surface area contributed by atoms with Crippen molar-refractivity contribution in [3.05, 3.63) is 108 Å². The van der Waals surface area contributed by atoms with Gasteiger partial charge in [0.2, 0.25) is 23.5 Å². The summed E-state index contributed by atoms with van der Waals surface area (Å²) in [5, 5.41) is 67.9. The maximum Gasteiger partial charge on any atom is 0.289 e. The Morgan fingerprint density at radius 2 is 1.00 bits per heavy atom. The van der Waals surface area contributed by atoms with Crippen LogP contribution in [0.3, 0.4) is 0 Å². The lowest BCUT2D eigenvalue weighted by Gasteiger charge is -2.34. The Balaban J connectivity index is 0.683. The zero-order valence-corrected chi connectivity index (χ0v) is 48.8. The molecule has 0 bridgehead atoms. The van der Waals surface area contributed by atoms with Gasteiger partial charge in [-0.1, -0.05) is 27.7 Å². The summed E-state index contributed by atoms with van der Waals surface area (Å²) >= 11 is 0. The second kappa shape index (κ2) is 25.0. The lowest BCUT2D eigenvalue weighted by atomic mass is 9.92. The van der Waals surface area contributed by atoms with Crippen molar-refractivity contribution >= 4 is 45.4 Å². The van der Waals surface area contributed by atoms with Gasteiger partial charge >= 0.3 is 0 Å². The molecular formula is C63H77N13O8. The first-order chi connectivity index (χ1) is 40.4. The van der Waals surface area contributed by atoms with E-state index in [4.69, 9.17) is 5.73 Å². The number of amides is 4. The van der Waals surface area contributed by atoms with Crippen LogP contribution in [-0.4, -0.2) is 138 Å². The predicted molar refractivity (Wildman–Crippen MR) is 320 cm³/mol. The monoisotopic (exact) mass is 1140 g/mol. The van der Waals surface area contributed by atoms with Crippen molar-refractivity contribution in [3.63, 3.8) is 0 Å². The molecule has 442 valence electrons. The van der Waals surface area contributed by atoms with Gasteiger partial charge in [-0.05, 0) is 154 Å². The maximum atomic E-state index is 13.6. The van der Waals surface area contributed by atoms with Crippen LogP contribution in [0.15, 0.2) is 85.2 Å². The van der Waals surface area contributed by atoms with E-state index in [0.717, 1.165) is 73.4 Å². The van der Waals surface area contributed by atoms with E-state index in [1.54, 1.807) is 21.3 Å². The Bertz CT molecular complexity index is 3730. The quantitative estimate of drug-likeness (QED) is 0.0376. The van der Waals surface area contributed by atoms with Crippen molar-refractivity contribution in [2.45, 2.75) is 124 Å². The van der Waals surface area contributed by atoms with Gasteiger partial charge in [-0.15, -0.1) is 20.4 Å². The number of aromatic hydroxyl groups is 4. The molecule has 21 nitrogen and oxygen atoms in total. The number of likely N-dealkylation sites (tertiary alicyclic amines) is 2. The summed E-state index contributed by atoms with van der Waals surface area (Å²) in [6, 6.07) is 21.1. The third-order valence-corrected chi connectivity index (χ3v) is 16.9. The van der Waals surface area contributed by atoms with Gasteiger partial charge in [-0.3, -0.25) is 28.3 Å². The highest BCUT2D eigenvalue weighted by Crippen LogP contribution is 2.41. The number of aryl methyl sites for hydroxylation is 2. The number of piperidine rings is 2. The van der Waals surface area contributed by atoms with Gasteiger partial charge in [-0.2, -0.15) is 0 Å². The molecule has 0 aliphatic carbocycles. The average Bonchev–Trinajstić information content (AvgIpc) is 3.61. The second-order valence-corrected chi connectivity index (χ2v) is 23.1. The minimum Gasteiger partial charge on any atom is -0.508 e. The summed E-state index contributed by atoms with van der Waals surface area (Å²) in [5.41, 5.74) is 11.8. The van der Waals surface area contributed by atoms with Crippen molar-refractivity contribution in [2.75, 3.05) is 39.3 Å². The third kappa shape index (κ3) is 12.0. The van der Waals surface area contributed by atoms with Crippen molar-refractivity contribution in [3.8, 4) is 57.1 Å². The van der Waals surface area contributed by atoms with Crippen molar-refractivity contribution in [2.24, 2.45) is 17.6 Å². The molecule has 4 aromatic heterocycles. The molecule has 21 heteroatoms. The number of nitrogens with two attached hydrogens (primary N) is 1. The first-order valence-electron chi connectivity index (χ1n) is 29.5. The highest BCUT2D eigenvalue weighted by atomic mass is 16.3. The predicted octanol–water partition coefficient (Wildman–Crippen LogP) is 8.73. The van der Waals surface area contributed by atoms with Crippen molar-refractivity contribution < 1.29 is 39.6 Å². The fourth-order valence-electron chi connectivity index (χ4n) is 12.0. The zero-order chi connectivity index (χ0) is 59.5. The topological polar surface area (TPSA) is 277 Å². The molecule has 84 heavy (non-hydrogen) atoms. The van der Waals surface area contributed by atoms with Gasteiger partial charge in [0.05, 0.1) is 28.5 Å². The fraction of sp³-hybridized carbons (Fsp3) is 0.429. The number of benzene rings is 4. The molecule has 0 spiro atoms. The maximum absolute atomic E-state index is 13.6. The Labute approximate surface area is 488 Å². The normalized spacial score (nSPS) is 14.8. The number of phenolic OH excluding ortho intramolecular Hbond substituents is 4.